The zero-order chi connectivity index (χ0) is 23.3. The summed E-state index contributed by atoms with van der Waals surface area (Å²) >= 11 is 0. The van der Waals surface area contributed by atoms with Crippen LogP contribution in [0.25, 0.3) is 0 Å². The summed E-state index contributed by atoms with van der Waals surface area (Å²) in [6, 6.07) is 5.46. The van der Waals surface area contributed by atoms with Crippen LogP contribution in [0.2, 0.25) is 0 Å². The van der Waals surface area contributed by atoms with Gasteiger partial charge in [-0.05, 0) is 50.9 Å². The van der Waals surface area contributed by atoms with E-state index in [0.717, 1.165) is 6.54 Å². The second-order valence-electron chi connectivity index (χ2n) is 9.12. The predicted octanol–water partition coefficient (Wildman–Crippen LogP) is 2.49. The largest absolute Gasteiger partial charge is 0.491 e. The highest BCUT2D eigenvalue weighted by Gasteiger charge is 2.28. The Labute approximate surface area is 191 Å². The first-order valence-electron chi connectivity index (χ1n) is 11.4. The van der Waals surface area contributed by atoms with E-state index in [1.807, 2.05) is 0 Å². The van der Waals surface area contributed by atoms with Crippen LogP contribution in [0.1, 0.15) is 37.0 Å². The Bertz CT molecular complexity index is 796. The SMILES string of the molecule is CO[C@H]1CN(C)C(=O)c2cc(NC(=O)C3CCOCC3)ccc2OC[C@H](C)N(C)C[C@@H]1C. The van der Waals surface area contributed by atoms with Crippen molar-refractivity contribution in [2.45, 2.75) is 38.8 Å². The van der Waals surface area contributed by atoms with Crippen LogP contribution < -0.4 is 10.1 Å². The number of hydrogen-bond acceptors (Lipinski definition) is 6. The van der Waals surface area contributed by atoms with Crippen molar-refractivity contribution in [2.24, 2.45) is 11.8 Å². The Balaban J connectivity index is 1.86. The van der Waals surface area contributed by atoms with Crippen molar-refractivity contribution in [3.05, 3.63) is 23.8 Å². The molecule has 0 bridgehead atoms. The molecule has 1 fully saturated rings. The summed E-state index contributed by atoms with van der Waals surface area (Å²) in [4.78, 5) is 29.9. The van der Waals surface area contributed by atoms with E-state index in [9.17, 15) is 9.59 Å². The zero-order valence-corrected chi connectivity index (χ0v) is 19.9. The van der Waals surface area contributed by atoms with Crippen LogP contribution in [0.3, 0.4) is 0 Å². The molecule has 0 unspecified atom stereocenters. The van der Waals surface area contributed by atoms with Crippen molar-refractivity contribution in [2.75, 3.05) is 59.4 Å². The number of likely N-dealkylation sites (N-methyl/N-ethyl adjacent to an activating group) is 2. The van der Waals surface area contributed by atoms with Gasteiger partial charge in [-0.3, -0.25) is 14.5 Å². The minimum atomic E-state index is -0.155. The van der Waals surface area contributed by atoms with Crippen LogP contribution in [-0.4, -0.2) is 87.9 Å². The summed E-state index contributed by atoms with van der Waals surface area (Å²) in [6.07, 6.45) is 1.34. The molecule has 1 aromatic rings. The second-order valence-corrected chi connectivity index (χ2v) is 9.12. The van der Waals surface area contributed by atoms with E-state index < -0.39 is 0 Å². The highest BCUT2D eigenvalue weighted by Crippen LogP contribution is 2.27. The third kappa shape index (κ3) is 5.99. The number of nitrogens with one attached hydrogen (secondary N) is 1. The highest BCUT2D eigenvalue weighted by molar-refractivity contribution is 5.99. The standard InChI is InChI=1S/C24H37N3O5/c1-16-13-26(3)17(2)15-32-21-7-6-19(25-23(28)18-8-10-31-11-9-18)12-20(21)24(29)27(4)14-22(16)30-5/h6-7,12,16-18,22H,8-11,13-15H2,1-5H3,(H,25,28)/t16-,17-,22-/m0/s1. The number of nitrogens with zero attached hydrogens (tertiary/aromatic N) is 2. The van der Waals surface area contributed by atoms with E-state index in [1.54, 1.807) is 37.3 Å². The quantitative estimate of drug-likeness (QED) is 0.767. The van der Waals surface area contributed by atoms with Gasteiger partial charge in [0.1, 0.15) is 12.4 Å². The molecule has 8 nitrogen and oxygen atoms in total. The fourth-order valence-electron chi connectivity index (χ4n) is 4.24. The van der Waals surface area contributed by atoms with E-state index in [1.165, 1.54) is 0 Å². The van der Waals surface area contributed by atoms with Crippen LogP contribution >= 0.6 is 0 Å². The Morgan fingerprint density at radius 2 is 1.88 bits per heavy atom. The molecule has 0 aliphatic carbocycles. The van der Waals surface area contributed by atoms with Crippen molar-refractivity contribution in [3.8, 4) is 5.75 Å². The lowest BCUT2D eigenvalue weighted by Crippen LogP contribution is -2.45. The molecule has 0 spiro atoms. The lowest BCUT2D eigenvalue weighted by atomic mass is 9.99. The summed E-state index contributed by atoms with van der Waals surface area (Å²) in [7, 11) is 5.54. The van der Waals surface area contributed by atoms with Gasteiger partial charge >= 0.3 is 0 Å². The monoisotopic (exact) mass is 447 g/mol. The number of ether oxygens (including phenoxy) is 3. The molecule has 2 amide bonds. The molecule has 178 valence electrons. The molecule has 2 heterocycles. The number of carbonyl (C=O) groups excluding carboxylic acids is 2. The molecule has 0 radical (unpaired) electrons. The second kappa shape index (κ2) is 11.1. The molecule has 2 aliphatic heterocycles. The number of fused-ring (bicyclic) bond motifs is 1. The van der Waals surface area contributed by atoms with E-state index in [2.05, 4.69) is 31.1 Å². The van der Waals surface area contributed by atoms with Crippen LogP contribution in [0.15, 0.2) is 18.2 Å². The highest BCUT2D eigenvalue weighted by atomic mass is 16.5. The van der Waals surface area contributed by atoms with Crippen LogP contribution in [0.4, 0.5) is 5.69 Å². The lowest BCUT2D eigenvalue weighted by molar-refractivity contribution is -0.122. The Kier molecular flexibility index (Phi) is 8.51. The van der Waals surface area contributed by atoms with Gasteiger partial charge in [0.15, 0.2) is 0 Å². The predicted molar refractivity (Wildman–Crippen MR) is 123 cm³/mol. The fraction of sp³-hybridized carbons (Fsp3) is 0.667. The molecule has 3 atom stereocenters. The number of hydrogen-bond donors (Lipinski definition) is 1. The van der Waals surface area contributed by atoms with Crippen molar-refractivity contribution >= 4 is 17.5 Å². The smallest absolute Gasteiger partial charge is 0.257 e. The first-order chi connectivity index (χ1) is 15.3. The molecule has 1 saturated heterocycles. The minimum absolute atomic E-state index is 0.0355. The topological polar surface area (TPSA) is 80.3 Å². The van der Waals surface area contributed by atoms with Crippen molar-refractivity contribution in [3.63, 3.8) is 0 Å². The Hall–Kier alpha value is -2.16. The molecule has 3 rings (SSSR count). The molecular weight excluding hydrogens is 410 g/mol. The number of benzene rings is 1. The molecule has 2 aliphatic rings. The average molecular weight is 448 g/mol. The Morgan fingerprint density at radius 3 is 2.56 bits per heavy atom. The van der Waals surface area contributed by atoms with E-state index >= 15 is 0 Å². The van der Waals surface area contributed by atoms with Gasteiger partial charge in [-0.1, -0.05) is 6.92 Å². The van der Waals surface area contributed by atoms with Gasteiger partial charge < -0.3 is 24.4 Å². The molecule has 0 aromatic heterocycles. The maximum absolute atomic E-state index is 13.4. The number of carbonyl (C=O) groups is 2. The first-order valence-corrected chi connectivity index (χ1v) is 11.4. The van der Waals surface area contributed by atoms with Crippen LogP contribution in [0.5, 0.6) is 5.75 Å². The van der Waals surface area contributed by atoms with E-state index in [0.29, 0.717) is 56.2 Å². The van der Waals surface area contributed by atoms with E-state index in [4.69, 9.17) is 14.2 Å². The lowest BCUT2D eigenvalue weighted by Gasteiger charge is -2.34. The van der Waals surface area contributed by atoms with E-state index in [-0.39, 0.29) is 35.8 Å². The molecular formula is C24H37N3O5. The zero-order valence-electron chi connectivity index (χ0n) is 19.9. The maximum Gasteiger partial charge on any atom is 0.257 e. The van der Waals surface area contributed by atoms with Gasteiger partial charge in [0.25, 0.3) is 5.91 Å². The average Bonchev–Trinajstić information content (AvgIpc) is 2.80. The van der Waals surface area contributed by atoms with Gasteiger partial charge in [-0.2, -0.15) is 0 Å². The third-order valence-corrected chi connectivity index (χ3v) is 6.62. The third-order valence-electron chi connectivity index (χ3n) is 6.62. The maximum atomic E-state index is 13.4. The van der Waals surface area contributed by atoms with Crippen molar-refractivity contribution < 1.29 is 23.8 Å². The Morgan fingerprint density at radius 1 is 1.16 bits per heavy atom. The van der Waals surface area contributed by atoms with Crippen LogP contribution in [-0.2, 0) is 14.3 Å². The number of methoxy groups -OCH3 is 1. The summed E-state index contributed by atoms with van der Waals surface area (Å²) in [5.74, 6) is 0.504. The van der Waals surface area contributed by atoms with Crippen molar-refractivity contribution in [1.82, 2.24) is 9.80 Å². The number of amides is 2. The number of anilines is 1. The summed E-state index contributed by atoms with van der Waals surface area (Å²) in [6.45, 7) is 7.22. The molecule has 0 saturated carbocycles. The van der Waals surface area contributed by atoms with Gasteiger partial charge in [-0.25, -0.2) is 0 Å². The molecule has 1 N–H and O–H groups in total. The number of rotatable bonds is 3. The van der Waals surface area contributed by atoms with Gasteiger partial charge in [-0.15, -0.1) is 0 Å². The minimum Gasteiger partial charge on any atom is -0.491 e. The molecule has 1 aromatic carbocycles. The van der Waals surface area contributed by atoms with Gasteiger partial charge in [0, 0.05) is 58.1 Å². The van der Waals surface area contributed by atoms with Crippen LogP contribution in [0, 0.1) is 11.8 Å². The molecule has 32 heavy (non-hydrogen) atoms. The summed E-state index contributed by atoms with van der Waals surface area (Å²) in [5.41, 5.74) is 1.04. The fourth-order valence-corrected chi connectivity index (χ4v) is 4.24. The summed E-state index contributed by atoms with van der Waals surface area (Å²) in [5, 5.41) is 2.97. The summed E-state index contributed by atoms with van der Waals surface area (Å²) < 4.78 is 17.1. The van der Waals surface area contributed by atoms with Crippen molar-refractivity contribution in [1.29, 1.82) is 0 Å². The first kappa shape index (κ1) is 24.5. The van der Waals surface area contributed by atoms with Gasteiger partial charge in [0.05, 0.1) is 11.7 Å². The normalized spacial score (nSPS) is 26.5. The molecule has 8 heteroatoms. The van der Waals surface area contributed by atoms with Gasteiger partial charge in [0.2, 0.25) is 5.91 Å².